The van der Waals surface area contributed by atoms with Crippen LogP contribution >= 0.6 is 23.2 Å². The van der Waals surface area contributed by atoms with Crippen molar-refractivity contribution in [3.05, 3.63) is 63.4 Å². The summed E-state index contributed by atoms with van der Waals surface area (Å²) in [4.78, 5) is 11.9. The van der Waals surface area contributed by atoms with Crippen LogP contribution in [0, 0.1) is 12.7 Å². The zero-order valence-corrected chi connectivity index (χ0v) is 13.3. The zero-order valence-electron chi connectivity index (χ0n) is 11.8. The lowest BCUT2D eigenvalue weighted by atomic mass is 10.2. The van der Waals surface area contributed by atoms with E-state index in [1.54, 1.807) is 0 Å². The smallest absolute Gasteiger partial charge is 0.253 e. The lowest BCUT2D eigenvalue weighted by Crippen LogP contribution is -2.28. The summed E-state index contributed by atoms with van der Waals surface area (Å²) < 4.78 is 18.8. The average Bonchev–Trinajstić information content (AvgIpc) is 2.49. The number of amides is 1. The second-order valence-corrected chi connectivity index (χ2v) is 5.48. The normalized spacial score (nSPS) is 10.4. The molecule has 0 bridgehead atoms. The van der Waals surface area contributed by atoms with Gasteiger partial charge in [0.1, 0.15) is 18.2 Å². The second-order valence-electron chi connectivity index (χ2n) is 4.66. The number of hydrogen-bond donors (Lipinski definition) is 1. The van der Waals surface area contributed by atoms with Crippen molar-refractivity contribution in [3.63, 3.8) is 0 Å². The molecule has 0 atom stereocenters. The van der Waals surface area contributed by atoms with Gasteiger partial charge >= 0.3 is 0 Å². The Morgan fingerprint density at radius 1 is 1.18 bits per heavy atom. The van der Waals surface area contributed by atoms with Gasteiger partial charge in [0.25, 0.3) is 5.91 Å². The van der Waals surface area contributed by atoms with Crippen molar-refractivity contribution in [2.45, 2.75) is 6.92 Å². The van der Waals surface area contributed by atoms with E-state index < -0.39 is 11.7 Å². The fraction of sp³-hybridized carbons (Fsp3) is 0.188. The van der Waals surface area contributed by atoms with Crippen molar-refractivity contribution < 1.29 is 13.9 Å². The molecule has 0 heterocycles. The molecule has 0 aromatic heterocycles. The fourth-order valence-corrected chi connectivity index (χ4v) is 2.23. The van der Waals surface area contributed by atoms with E-state index in [2.05, 4.69) is 5.32 Å². The van der Waals surface area contributed by atoms with Gasteiger partial charge in [0, 0.05) is 0 Å². The quantitative estimate of drug-likeness (QED) is 0.652. The number of nitrogens with one attached hydrogen (secondary N) is 1. The van der Waals surface area contributed by atoms with E-state index in [1.165, 1.54) is 6.07 Å². The third kappa shape index (κ3) is 4.36. The van der Waals surface area contributed by atoms with E-state index in [9.17, 15) is 9.18 Å². The summed E-state index contributed by atoms with van der Waals surface area (Å²) in [5.41, 5.74) is 1.18. The van der Waals surface area contributed by atoms with E-state index in [4.69, 9.17) is 27.9 Å². The minimum Gasteiger partial charge on any atom is -0.492 e. The van der Waals surface area contributed by atoms with Gasteiger partial charge in [-0.25, -0.2) is 4.39 Å². The van der Waals surface area contributed by atoms with E-state index in [1.807, 2.05) is 31.2 Å². The van der Waals surface area contributed by atoms with Crippen LogP contribution in [0.1, 0.15) is 15.9 Å². The van der Waals surface area contributed by atoms with Crippen molar-refractivity contribution in [3.8, 4) is 5.75 Å². The summed E-state index contributed by atoms with van der Waals surface area (Å²) in [6.07, 6.45) is 0. The van der Waals surface area contributed by atoms with E-state index >= 15 is 0 Å². The van der Waals surface area contributed by atoms with Gasteiger partial charge in [-0.05, 0) is 31.2 Å². The average molecular weight is 342 g/mol. The van der Waals surface area contributed by atoms with Crippen LogP contribution in [-0.2, 0) is 0 Å². The molecule has 1 N–H and O–H groups in total. The minimum atomic E-state index is -0.688. The maximum atomic E-state index is 13.4. The van der Waals surface area contributed by atoms with Crippen LogP contribution in [-0.4, -0.2) is 19.1 Å². The van der Waals surface area contributed by atoms with Crippen LogP contribution in [0.5, 0.6) is 5.75 Å². The number of benzene rings is 2. The number of halogens is 3. The highest BCUT2D eigenvalue weighted by atomic mass is 35.5. The SMILES string of the molecule is Cc1ccc(OCCNC(=O)c2cc(F)c(Cl)cc2Cl)cc1. The molecule has 22 heavy (non-hydrogen) atoms. The molecule has 2 aromatic rings. The Hall–Kier alpha value is -1.78. The maximum Gasteiger partial charge on any atom is 0.253 e. The van der Waals surface area contributed by atoms with Gasteiger partial charge < -0.3 is 10.1 Å². The molecular formula is C16H14Cl2FNO2. The molecule has 0 spiro atoms. The number of ether oxygens (including phenoxy) is 1. The molecular weight excluding hydrogens is 328 g/mol. The fourth-order valence-electron chi connectivity index (χ4n) is 1.76. The van der Waals surface area contributed by atoms with Gasteiger partial charge in [0.05, 0.1) is 22.2 Å². The molecule has 0 fully saturated rings. The second kappa shape index (κ2) is 7.47. The predicted octanol–water partition coefficient (Wildman–Crippen LogP) is 4.25. The Morgan fingerprint density at radius 3 is 2.55 bits per heavy atom. The third-order valence-corrected chi connectivity index (χ3v) is 3.53. The summed E-state index contributed by atoms with van der Waals surface area (Å²) in [6, 6.07) is 9.79. The Balaban J connectivity index is 1.85. The summed E-state index contributed by atoms with van der Waals surface area (Å²) >= 11 is 11.5. The summed E-state index contributed by atoms with van der Waals surface area (Å²) in [5, 5.41) is 2.59. The lowest BCUT2D eigenvalue weighted by molar-refractivity contribution is 0.0946. The first-order chi connectivity index (χ1) is 10.5. The molecule has 0 aliphatic heterocycles. The van der Waals surface area contributed by atoms with E-state index in [0.717, 1.165) is 17.4 Å². The zero-order chi connectivity index (χ0) is 16.1. The lowest BCUT2D eigenvalue weighted by Gasteiger charge is -2.09. The number of carbonyl (C=O) groups excluding carboxylic acids is 1. The molecule has 0 saturated carbocycles. The van der Waals surface area contributed by atoms with E-state index in [-0.39, 0.29) is 22.2 Å². The predicted molar refractivity (Wildman–Crippen MR) is 85.4 cm³/mol. The van der Waals surface area contributed by atoms with Gasteiger partial charge in [-0.3, -0.25) is 4.79 Å². The molecule has 2 aromatic carbocycles. The highest BCUT2D eigenvalue weighted by molar-refractivity contribution is 6.36. The number of hydrogen-bond acceptors (Lipinski definition) is 2. The van der Waals surface area contributed by atoms with Crippen LogP contribution in [0.25, 0.3) is 0 Å². The summed E-state index contributed by atoms with van der Waals surface area (Å²) in [7, 11) is 0. The molecule has 0 saturated heterocycles. The molecule has 6 heteroatoms. The third-order valence-electron chi connectivity index (χ3n) is 2.93. The van der Waals surface area contributed by atoms with Crippen LogP contribution in [0.15, 0.2) is 36.4 Å². The van der Waals surface area contributed by atoms with Crippen molar-refractivity contribution in [1.82, 2.24) is 5.32 Å². The standard InChI is InChI=1S/C16H14Cl2FNO2/c1-10-2-4-11(5-3-10)22-7-6-20-16(21)12-8-15(19)14(18)9-13(12)17/h2-5,8-9H,6-7H2,1H3,(H,20,21). The Kier molecular flexibility index (Phi) is 5.63. The van der Waals surface area contributed by atoms with Crippen LogP contribution in [0.4, 0.5) is 4.39 Å². The monoisotopic (exact) mass is 341 g/mol. The molecule has 2 rings (SSSR count). The number of rotatable bonds is 5. The topological polar surface area (TPSA) is 38.3 Å². The van der Waals surface area contributed by atoms with E-state index in [0.29, 0.717) is 6.61 Å². The van der Waals surface area contributed by atoms with Crippen molar-refractivity contribution in [1.29, 1.82) is 0 Å². The maximum absolute atomic E-state index is 13.4. The molecule has 3 nitrogen and oxygen atoms in total. The van der Waals surface area contributed by atoms with Gasteiger partial charge in [0.15, 0.2) is 0 Å². The van der Waals surface area contributed by atoms with Gasteiger partial charge in [-0.15, -0.1) is 0 Å². The Labute approximate surface area is 138 Å². The van der Waals surface area contributed by atoms with Crippen molar-refractivity contribution >= 4 is 29.1 Å². The first-order valence-electron chi connectivity index (χ1n) is 6.59. The molecule has 1 amide bonds. The van der Waals surface area contributed by atoms with Crippen molar-refractivity contribution in [2.24, 2.45) is 0 Å². The largest absolute Gasteiger partial charge is 0.492 e. The summed E-state index contributed by atoms with van der Waals surface area (Å²) in [5.74, 6) is -0.449. The van der Waals surface area contributed by atoms with Crippen molar-refractivity contribution in [2.75, 3.05) is 13.2 Å². The minimum absolute atomic E-state index is 0.0407. The number of aryl methyl sites for hydroxylation is 1. The summed E-state index contributed by atoms with van der Waals surface area (Å²) in [6.45, 7) is 2.55. The first-order valence-corrected chi connectivity index (χ1v) is 7.35. The van der Waals surface area contributed by atoms with Gasteiger partial charge in [-0.2, -0.15) is 0 Å². The molecule has 0 unspecified atom stereocenters. The molecule has 116 valence electrons. The molecule has 0 aliphatic rings. The molecule has 0 radical (unpaired) electrons. The highest BCUT2D eigenvalue weighted by Gasteiger charge is 2.13. The number of carbonyl (C=O) groups is 1. The van der Waals surface area contributed by atoms with Gasteiger partial charge in [0.2, 0.25) is 0 Å². The van der Waals surface area contributed by atoms with Crippen LogP contribution in [0.2, 0.25) is 10.0 Å². The molecule has 0 aliphatic carbocycles. The first kappa shape index (κ1) is 16.6. The van der Waals surface area contributed by atoms with Crippen LogP contribution < -0.4 is 10.1 Å². The van der Waals surface area contributed by atoms with Gasteiger partial charge in [-0.1, -0.05) is 40.9 Å². The Bertz CT molecular complexity index is 675. The Morgan fingerprint density at radius 2 is 1.86 bits per heavy atom. The highest BCUT2D eigenvalue weighted by Crippen LogP contribution is 2.24. The van der Waals surface area contributed by atoms with Crippen LogP contribution in [0.3, 0.4) is 0 Å².